The maximum atomic E-state index is 12.8. The summed E-state index contributed by atoms with van der Waals surface area (Å²) in [6.07, 6.45) is 4.09. The van der Waals surface area contributed by atoms with Gasteiger partial charge in [-0.1, -0.05) is 43.7 Å². The SMILES string of the molecule is CCCCN1C(=O)C(c2ccccc2)NC(=O)C1C1CC1. The minimum Gasteiger partial charge on any atom is -0.339 e. The van der Waals surface area contributed by atoms with Crippen molar-refractivity contribution in [3.05, 3.63) is 35.9 Å². The van der Waals surface area contributed by atoms with E-state index in [4.69, 9.17) is 0 Å². The van der Waals surface area contributed by atoms with Crippen LogP contribution in [-0.4, -0.2) is 29.3 Å². The molecule has 2 unspecified atom stereocenters. The highest BCUT2D eigenvalue weighted by Crippen LogP contribution is 2.38. The average molecular weight is 286 g/mol. The first-order valence-corrected chi connectivity index (χ1v) is 7.88. The Bertz CT molecular complexity index is 525. The molecule has 0 bridgehead atoms. The third kappa shape index (κ3) is 2.80. The predicted molar refractivity (Wildman–Crippen MR) is 80.5 cm³/mol. The molecule has 112 valence electrons. The second-order valence-corrected chi connectivity index (χ2v) is 6.02. The van der Waals surface area contributed by atoms with E-state index in [9.17, 15) is 9.59 Å². The van der Waals surface area contributed by atoms with Crippen molar-refractivity contribution in [2.24, 2.45) is 5.92 Å². The third-order valence-corrected chi connectivity index (χ3v) is 4.38. The highest BCUT2D eigenvalue weighted by atomic mass is 16.2. The van der Waals surface area contributed by atoms with Gasteiger partial charge in [-0.3, -0.25) is 9.59 Å². The minimum atomic E-state index is -0.523. The Morgan fingerprint density at radius 3 is 2.52 bits per heavy atom. The molecule has 1 heterocycles. The largest absolute Gasteiger partial charge is 0.339 e. The normalized spacial score (nSPS) is 25.9. The van der Waals surface area contributed by atoms with E-state index in [1.165, 1.54) is 0 Å². The summed E-state index contributed by atoms with van der Waals surface area (Å²) in [7, 11) is 0. The Labute approximate surface area is 125 Å². The lowest BCUT2D eigenvalue weighted by Gasteiger charge is -2.39. The fourth-order valence-electron chi connectivity index (χ4n) is 3.06. The summed E-state index contributed by atoms with van der Waals surface area (Å²) in [5, 5.41) is 2.93. The van der Waals surface area contributed by atoms with Gasteiger partial charge in [0.05, 0.1) is 0 Å². The van der Waals surface area contributed by atoms with Crippen LogP contribution in [0.5, 0.6) is 0 Å². The van der Waals surface area contributed by atoms with Crippen LogP contribution in [0.25, 0.3) is 0 Å². The number of benzene rings is 1. The van der Waals surface area contributed by atoms with Crippen molar-refractivity contribution in [2.45, 2.75) is 44.7 Å². The summed E-state index contributed by atoms with van der Waals surface area (Å²) in [6.45, 7) is 2.79. The number of piperazine rings is 1. The van der Waals surface area contributed by atoms with Crippen molar-refractivity contribution >= 4 is 11.8 Å². The summed E-state index contributed by atoms with van der Waals surface area (Å²) in [5.74, 6) is 0.427. The summed E-state index contributed by atoms with van der Waals surface area (Å²) in [4.78, 5) is 27.1. The monoisotopic (exact) mass is 286 g/mol. The van der Waals surface area contributed by atoms with Crippen LogP contribution in [-0.2, 0) is 9.59 Å². The average Bonchev–Trinajstić information content (AvgIpc) is 3.33. The zero-order chi connectivity index (χ0) is 14.8. The lowest BCUT2D eigenvalue weighted by Crippen LogP contribution is -2.60. The van der Waals surface area contributed by atoms with Crippen molar-refractivity contribution < 1.29 is 9.59 Å². The maximum absolute atomic E-state index is 12.8. The Morgan fingerprint density at radius 2 is 1.90 bits per heavy atom. The van der Waals surface area contributed by atoms with E-state index >= 15 is 0 Å². The van der Waals surface area contributed by atoms with Crippen molar-refractivity contribution in [1.29, 1.82) is 0 Å². The van der Waals surface area contributed by atoms with E-state index in [1.54, 1.807) is 0 Å². The van der Waals surface area contributed by atoms with E-state index in [0.717, 1.165) is 31.2 Å². The van der Waals surface area contributed by atoms with Crippen molar-refractivity contribution in [1.82, 2.24) is 10.2 Å². The van der Waals surface area contributed by atoms with Crippen LogP contribution in [0.1, 0.15) is 44.2 Å². The van der Waals surface area contributed by atoms with Crippen LogP contribution in [0.4, 0.5) is 0 Å². The van der Waals surface area contributed by atoms with Gasteiger partial charge in [-0.15, -0.1) is 0 Å². The van der Waals surface area contributed by atoms with Gasteiger partial charge < -0.3 is 10.2 Å². The number of unbranched alkanes of at least 4 members (excludes halogenated alkanes) is 1. The molecule has 4 heteroatoms. The smallest absolute Gasteiger partial charge is 0.250 e. The maximum Gasteiger partial charge on any atom is 0.250 e. The quantitative estimate of drug-likeness (QED) is 0.902. The lowest BCUT2D eigenvalue weighted by atomic mass is 9.97. The summed E-state index contributed by atoms with van der Waals surface area (Å²) in [6, 6.07) is 8.75. The molecule has 1 aliphatic heterocycles. The molecule has 1 aliphatic carbocycles. The molecule has 0 radical (unpaired) electrons. The zero-order valence-electron chi connectivity index (χ0n) is 12.4. The Balaban J connectivity index is 1.85. The summed E-state index contributed by atoms with van der Waals surface area (Å²) < 4.78 is 0. The molecular weight excluding hydrogens is 264 g/mol. The highest BCUT2D eigenvalue weighted by Gasteiger charge is 2.47. The van der Waals surface area contributed by atoms with Gasteiger partial charge in [-0.25, -0.2) is 0 Å². The summed E-state index contributed by atoms with van der Waals surface area (Å²) >= 11 is 0. The Morgan fingerprint density at radius 1 is 1.19 bits per heavy atom. The van der Waals surface area contributed by atoms with E-state index in [1.807, 2.05) is 35.2 Å². The van der Waals surface area contributed by atoms with Gasteiger partial charge in [0.15, 0.2) is 0 Å². The molecule has 1 aromatic rings. The number of rotatable bonds is 5. The van der Waals surface area contributed by atoms with Gasteiger partial charge in [0.1, 0.15) is 12.1 Å². The van der Waals surface area contributed by atoms with E-state index in [-0.39, 0.29) is 17.9 Å². The second-order valence-electron chi connectivity index (χ2n) is 6.02. The summed E-state index contributed by atoms with van der Waals surface area (Å²) in [5.41, 5.74) is 0.867. The van der Waals surface area contributed by atoms with Crippen molar-refractivity contribution in [3.63, 3.8) is 0 Å². The first-order chi connectivity index (χ1) is 10.2. The van der Waals surface area contributed by atoms with Crippen LogP contribution >= 0.6 is 0 Å². The van der Waals surface area contributed by atoms with Gasteiger partial charge in [0.25, 0.3) is 0 Å². The van der Waals surface area contributed by atoms with E-state index < -0.39 is 6.04 Å². The molecule has 1 aromatic carbocycles. The van der Waals surface area contributed by atoms with Gasteiger partial charge >= 0.3 is 0 Å². The number of amides is 2. The Kier molecular flexibility index (Phi) is 3.95. The molecule has 0 spiro atoms. The molecule has 2 aliphatic rings. The molecule has 21 heavy (non-hydrogen) atoms. The molecule has 4 nitrogen and oxygen atoms in total. The second kappa shape index (κ2) is 5.88. The van der Waals surface area contributed by atoms with Gasteiger partial charge in [0, 0.05) is 6.54 Å². The van der Waals surface area contributed by atoms with E-state index in [0.29, 0.717) is 12.5 Å². The Hall–Kier alpha value is -1.84. The first kappa shape index (κ1) is 14.1. The number of hydrogen-bond donors (Lipinski definition) is 1. The van der Waals surface area contributed by atoms with Crippen LogP contribution in [0, 0.1) is 5.92 Å². The third-order valence-electron chi connectivity index (χ3n) is 4.38. The topological polar surface area (TPSA) is 49.4 Å². The minimum absolute atomic E-state index is 0.0158. The highest BCUT2D eigenvalue weighted by molar-refractivity contribution is 5.97. The van der Waals surface area contributed by atoms with Crippen LogP contribution in [0.3, 0.4) is 0 Å². The number of nitrogens with one attached hydrogen (secondary N) is 1. The standard InChI is InChI=1S/C17H22N2O2/c1-2-3-11-19-15(13-9-10-13)16(20)18-14(17(19)21)12-7-5-4-6-8-12/h4-8,13-15H,2-3,9-11H2,1H3,(H,18,20). The molecular formula is C17H22N2O2. The molecule has 2 fully saturated rings. The van der Waals surface area contributed by atoms with Gasteiger partial charge in [0.2, 0.25) is 11.8 Å². The molecule has 2 amide bonds. The molecule has 1 saturated heterocycles. The molecule has 0 aromatic heterocycles. The number of nitrogens with zero attached hydrogens (tertiary/aromatic N) is 1. The molecule has 1 saturated carbocycles. The van der Waals surface area contributed by atoms with Gasteiger partial charge in [-0.2, -0.15) is 0 Å². The number of carbonyl (C=O) groups is 2. The fourth-order valence-corrected chi connectivity index (χ4v) is 3.06. The van der Waals surface area contributed by atoms with Gasteiger partial charge in [-0.05, 0) is 30.7 Å². The van der Waals surface area contributed by atoms with Crippen molar-refractivity contribution in [2.75, 3.05) is 6.54 Å². The first-order valence-electron chi connectivity index (χ1n) is 7.88. The molecule has 3 rings (SSSR count). The lowest BCUT2D eigenvalue weighted by molar-refractivity contribution is -0.150. The molecule has 1 N–H and O–H groups in total. The van der Waals surface area contributed by atoms with Crippen LogP contribution < -0.4 is 5.32 Å². The van der Waals surface area contributed by atoms with Crippen LogP contribution in [0.15, 0.2) is 30.3 Å². The zero-order valence-corrected chi connectivity index (χ0v) is 12.4. The molecule has 2 atom stereocenters. The van der Waals surface area contributed by atoms with Crippen molar-refractivity contribution in [3.8, 4) is 0 Å². The predicted octanol–water partition coefficient (Wildman–Crippen LogP) is 2.26. The van der Waals surface area contributed by atoms with E-state index in [2.05, 4.69) is 12.2 Å². The fraction of sp³-hybridized carbons (Fsp3) is 0.529. The number of carbonyl (C=O) groups excluding carboxylic acids is 2. The van der Waals surface area contributed by atoms with Crippen LogP contribution in [0.2, 0.25) is 0 Å². The number of hydrogen-bond acceptors (Lipinski definition) is 2.